The molecular weight excluding hydrogens is 660 g/mol. The number of nitrogens with zero attached hydrogens (tertiary/aromatic N) is 1. The number of ether oxygens (including phenoxy) is 1. The number of unbranched alkanes of at least 4 members (excludes halogenated alkanes) is 2. The van der Waals surface area contributed by atoms with Crippen molar-refractivity contribution >= 4 is 39.2 Å². The van der Waals surface area contributed by atoms with Crippen LogP contribution in [0, 0.1) is 6.92 Å². The molecule has 1 heterocycles. The predicted molar refractivity (Wildman–Crippen MR) is 191 cm³/mol. The van der Waals surface area contributed by atoms with Gasteiger partial charge in [0.1, 0.15) is 28.5 Å². The number of anilines is 2. The summed E-state index contributed by atoms with van der Waals surface area (Å²) < 4.78 is 37.4. The van der Waals surface area contributed by atoms with Crippen LogP contribution in [0.1, 0.15) is 82.9 Å². The number of hydrogen-bond acceptors (Lipinski definition) is 8. The monoisotopic (exact) mass is 708 g/mol. The van der Waals surface area contributed by atoms with Crippen molar-refractivity contribution in [1.29, 1.82) is 0 Å². The van der Waals surface area contributed by atoms with Crippen molar-refractivity contribution in [1.82, 2.24) is 15.4 Å². The quantitative estimate of drug-likeness (QED) is 0.129. The highest BCUT2D eigenvalue weighted by Crippen LogP contribution is 2.42. The van der Waals surface area contributed by atoms with Crippen molar-refractivity contribution < 1.29 is 37.8 Å². The predicted octanol–water partition coefficient (Wildman–Crippen LogP) is 5.47. The average molecular weight is 709 g/mol. The summed E-state index contributed by atoms with van der Waals surface area (Å²) in [4.78, 5) is 40.1. The number of carboxylic acid groups (broad SMARTS) is 1. The van der Waals surface area contributed by atoms with Gasteiger partial charge in [0, 0.05) is 18.3 Å². The van der Waals surface area contributed by atoms with Crippen LogP contribution < -0.4 is 25.0 Å². The van der Waals surface area contributed by atoms with Crippen LogP contribution in [-0.2, 0) is 24.4 Å². The topological polar surface area (TPSA) is 174 Å². The smallest absolute Gasteiger partial charge is 0.326 e. The fourth-order valence-corrected chi connectivity index (χ4v) is 7.81. The number of sulfonamides is 1. The highest BCUT2D eigenvalue weighted by Gasteiger charge is 2.42. The van der Waals surface area contributed by atoms with E-state index >= 15 is 0 Å². The lowest BCUT2D eigenvalue weighted by Crippen LogP contribution is -2.53. The summed E-state index contributed by atoms with van der Waals surface area (Å²) in [6.07, 6.45) is 5.00. The maximum absolute atomic E-state index is 14.2. The van der Waals surface area contributed by atoms with Gasteiger partial charge in [-0.1, -0.05) is 76.8 Å². The lowest BCUT2D eigenvalue weighted by molar-refractivity contribution is -0.142. The van der Waals surface area contributed by atoms with Crippen molar-refractivity contribution in [2.75, 3.05) is 18.1 Å². The zero-order valence-corrected chi connectivity index (χ0v) is 29.9. The van der Waals surface area contributed by atoms with Gasteiger partial charge in [-0.2, -0.15) is 0 Å². The number of aryl methyl sites for hydroxylation is 1. The minimum Gasteiger partial charge on any atom is -0.508 e. The highest BCUT2D eigenvalue weighted by atomic mass is 32.2. The number of para-hydroxylation sites is 1. The molecular formula is C37H48N4O8S. The number of carboxylic acids is 1. The lowest BCUT2D eigenvalue weighted by Gasteiger charge is -2.37. The summed E-state index contributed by atoms with van der Waals surface area (Å²) in [7, 11) is -4.05. The summed E-state index contributed by atoms with van der Waals surface area (Å²) in [6, 6.07) is 16.0. The van der Waals surface area contributed by atoms with Gasteiger partial charge in [0.05, 0.1) is 11.2 Å². The van der Waals surface area contributed by atoms with Crippen LogP contribution in [-0.4, -0.2) is 61.1 Å². The number of aromatic hydroxyl groups is 1. The standard InChI is InChI=1S/C37H48N4O8S/c1-5-8-19-37(20-9-6-2)24-41(27-13-11-10-12-14-27)30-21-25(4)31(22-32(30)50(47,48)40-37)49-23-33(43)39-34(26-15-17-28(42)18-16-26)35(44)38-29(7-3)36(45)46/h10-18,21-22,29,34,40,42H,5-9,19-20,23-24H2,1-4H3,(H,38,44)(H,39,43)(H,45,46)/t29-,34+/m0/s1. The van der Waals surface area contributed by atoms with Crippen LogP contribution in [0.2, 0.25) is 0 Å². The summed E-state index contributed by atoms with van der Waals surface area (Å²) in [5.41, 5.74) is 1.55. The molecule has 3 aromatic rings. The summed E-state index contributed by atoms with van der Waals surface area (Å²) in [5, 5.41) is 24.2. The first kappa shape index (κ1) is 38.2. The molecule has 0 spiro atoms. The van der Waals surface area contributed by atoms with Gasteiger partial charge in [-0.25, -0.2) is 17.9 Å². The van der Waals surface area contributed by atoms with E-state index in [1.165, 1.54) is 30.3 Å². The summed E-state index contributed by atoms with van der Waals surface area (Å²) in [5.74, 6) is -2.56. The number of carbonyl (C=O) groups is 3. The first-order valence-corrected chi connectivity index (χ1v) is 18.6. The van der Waals surface area contributed by atoms with Gasteiger partial charge in [-0.05, 0) is 67.6 Å². The Morgan fingerprint density at radius 2 is 1.60 bits per heavy atom. The van der Waals surface area contributed by atoms with Crippen LogP contribution in [0.25, 0.3) is 0 Å². The van der Waals surface area contributed by atoms with Crippen LogP contribution in [0.4, 0.5) is 11.4 Å². The fourth-order valence-electron chi connectivity index (χ4n) is 6.16. The number of rotatable bonds is 16. The average Bonchev–Trinajstić information content (AvgIpc) is 3.18. The third kappa shape index (κ3) is 9.33. The number of benzene rings is 3. The molecule has 13 heteroatoms. The number of phenols is 1. The second-order valence-electron chi connectivity index (χ2n) is 12.8. The maximum atomic E-state index is 14.2. The molecule has 3 aromatic carbocycles. The number of phenolic OH excluding ortho intramolecular Hbond substituents is 1. The van der Waals surface area contributed by atoms with Crippen molar-refractivity contribution in [3.63, 3.8) is 0 Å². The zero-order chi connectivity index (χ0) is 36.5. The van der Waals surface area contributed by atoms with E-state index < -0.39 is 52.0 Å². The first-order valence-electron chi connectivity index (χ1n) is 17.1. The van der Waals surface area contributed by atoms with E-state index in [9.17, 15) is 33.0 Å². The van der Waals surface area contributed by atoms with E-state index in [1.807, 2.05) is 35.2 Å². The van der Waals surface area contributed by atoms with Crippen molar-refractivity contribution in [2.45, 2.75) is 95.2 Å². The molecule has 0 fully saturated rings. The summed E-state index contributed by atoms with van der Waals surface area (Å²) >= 11 is 0. The third-order valence-corrected chi connectivity index (χ3v) is 10.5. The molecule has 5 N–H and O–H groups in total. The fraction of sp³-hybridized carbons (Fsp3) is 0.432. The number of hydrogen-bond donors (Lipinski definition) is 5. The number of nitrogens with one attached hydrogen (secondary N) is 3. The molecule has 2 atom stereocenters. The second kappa shape index (κ2) is 16.9. The van der Waals surface area contributed by atoms with Gasteiger partial charge >= 0.3 is 5.97 Å². The Hall–Kier alpha value is -4.62. The van der Waals surface area contributed by atoms with E-state index in [-0.39, 0.29) is 22.8 Å². The Morgan fingerprint density at radius 1 is 0.960 bits per heavy atom. The van der Waals surface area contributed by atoms with Gasteiger partial charge in [0.2, 0.25) is 15.9 Å². The SMILES string of the molecule is CCCCC1(CCCC)CN(c2ccccc2)c2cc(C)c(OCC(=O)N[C@@H](C(=O)N[C@@H](CC)C(=O)O)c3ccc(O)cc3)cc2S(=O)(=O)N1. The molecule has 0 saturated carbocycles. The molecule has 1 aliphatic heterocycles. The lowest BCUT2D eigenvalue weighted by atomic mass is 9.87. The molecule has 0 radical (unpaired) electrons. The summed E-state index contributed by atoms with van der Waals surface area (Å²) in [6.45, 7) is 7.42. The minimum atomic E-state index is -4.05. The van der Waals surface area contributed by atoms with Crippen molar-refractivity contribution in [3.8, 4) is 11.5 Å². The maximum Gasteiger partial charge on any atom is 0.326 e. The Kier molecular flexibility index (Phi) is 12.9. The van der Waals surface area contributed by atoms with Crippen LogP contribution in [0.5, 0.6) is 11.5 Å². The van der Waals surface area contributed by atoms with E-state index in [4.69, 9.17) is 4.74 Å². The minimum absolute atomic E-state index is 0.0258. The van der Waals surface area contributed by atoms with Gasteiger partial charge in [0.15, 0.2) is 6.61 Å². The largest absolute Gasteiger partial charge is 0.508 e. The second-order valence-corrected chi connectivity index (χ2v) is 14.4. The van der Waals surface area contributed by atoms with Crippen LogP contribution >= 0.6 is 0 Å². The molecule has 1 aliphatic rings. The van der Waals surface area contributed by atoms with E-state index in [0.717, 1.165) is 31.4 Å². The molecule has 0 unspecified atom stereocenters. The number of aliphatic carboxylic acids is 1. The van der Waals surface area contributed by atoms with E-state index in [2.05, 4.69) is 29.2 Å². The molecule has 0 aromatic heterocycles. The van der Waals surface area contributed by atoms with Crippen LogP contribution in [0.15, 0.2) is 71.6 Å². The molecule has 0 bridgehead atoms. The molecule has 270 valence electrons. The van der Waals surface area contributed by atoms with Gasteiger partial charge < -0.3 is 30.5 Å². The Morgan fingerprint density at radius 3 is 2.18 bits per heavy atom. The van der Waals surface area contributed by atoms with Gasteiger partial charge in [-0.15, -0.1) is 0 Å². The van der Waals surface area contributed by atoms with E-state index in [1.54, 1.807) is 19.9 Å². The molecule has 4 rings (SSSR count). The molecule has 2 amide bonds. The normalized spacial score (nSPS) is 16.0. The Bertz CT molecular complexity index is 1740. The molecule has 0 saturated heterocycles. The van der Waals surface area contributed by atoms with Gasteiger partial charge in [0.25, 0.3) is 5.91 Å². The third-order valence-electron chi connectivity index (χ3n) is 8.91. The van der Waals surface area contributed by atoms with Gasteiger partial charge in [-0.3, -0.25) is 9.59 Å². The van der Waals surface area contributed by atoms with Crippen molar-refractivity contribution in [2.24, 2.45) is 0 Å². The number of amides is 2. The highest BCUT2D eigenvalue weighted by molar-refractivity contribution is 7.89. The van der Waals surface area contributed by atoms with E-state index in [0.29, 0.717) is 36.2 Å². The number of carbonyl (C=O) groups excluding carboxylic acids is 2. The number of fused-ring (bicyclic) bond motifs is 1. The Balaban J connectivity index is 1.65. The van der Waals surface area contributed by atoms with Crippen molar-refractivity contribution in [3.05, 3.63) is 77.9 Å². The van der Waals surface area contributed by atoms with Crippen LogP contribution in [0.3, 0.4) is 0 Å². The zero-order valence-electron chi connectivity index (χ0n) is 29.1. The molecule has 12 nitrogen and oxygen atoms in total. The molecule has 0 aliphatic carbocycles. The first-order chi connectivity index (χ1) is 23.8. The Labute approximate surface area is 294 Å². The molecule has 50 heavy (non-hydrogen) atoms.